The van der Waals surface area contributed by atoms with Gasteiger partial charge in [0.05, 0.1) is 11.4 Å². The molecule has 0 saturated heterocycles. The first-order valence-electron chi connectivity index (χ1n) is 9.17. The number of ketones is 1. The molecule has 0 saturated carbocycles. The second-order valence-electron chi connectivity index (χ2n) is 6.62. The summed E-state index contributed by atoms with van der Waals surface area (Å²) in [6.45, 7) is 5.26. The molecule has 2 aromatic carbocycles. The number of carbonyl (C=O) groups excluding carboxylic acids is 2. The number of Topliss-reactive ketones (excluding diaryl/α,β-unsaturated/α-hetero) is 1. The second-order valence-corrected chi connectivity index (χ2v) is 6.62. The Kier molecular flexibility index (Phi) is 6.02. The standard InChI is InChI=1S/C23H21FN2O3/c1-15-21(16(2)26(25-15)20-7-5-4-6-8-20)13-14-22(27)29-17(3)23(28)18-9-11-19(24)12-10-18/h4-14,17H,1-3H3/b14-13+/t17-/m1/s1. The third-order valence-electron chi connectivity index (χ3n) is 4.53. The average molecular weight is 392 g/mol. The molecule has 0 bridgehead atoms. The molecule has 0 N–H and O–H groups in total. The lowest BCUT2D eigenvalue weighted by Gasteiger charge is -2.10. The number of halogens is 1. The minimum absolute atomic E-state index is 0.284. The molecule has 0 fully saturated rings. The van der Waals surface area contributed by atoms with Crippen LogP contribution < -0.4 is 0 Å². The Morgan fingerprint density at radius 1 is 1.07 bits per heavy atom. The maximum atomic E-state index is 13.0. The number of hydrogen-bond donors (Lipinski definition) is 0. The molecule has 0 amide bonds. The van der Waals surface area contributed by atoms with Crippen LogP contribution in [0.5, 0.6) is 0 Å². The van der Waals surface area contributed by atoms with E-state index in [4.69, 9.17) is 4.74 Å². The Balaban J connectivity index is 1.70. The van der Waals surface area contributed by atoms with Crippen molar-refractivity contribution in [2.24, 2.45) is 0 Å². The Bertz CT molecular complexity index is 1050. The highest BCUT2D eigenvalue weighted by atomic mass is 19.1. The largest absolute Gasteiger partial charge is 0.451 e. The van der Waals surface area contributed by atoms with Gasteiger partial charge >= 0.3 is 5.97 Å². The van der Waals surface area contributed by atoms with Gasteiger partial charge in [0.15, 0.2) is 6.10 Å². The third-order valence-corrected chi connectivity index (χ3v) is 4.53. The second kappa shape index (κ2) is 8.65. The Hall–Kier alpha value is -3.54. The molecular formula is C23H21FN2O3. The Morgan fingerprint density at radius 2 is 1.72 bits per heavy atom. The molecule has 0 radical (unpaired) electrons. The zero-order chi connectivity index (χ0) is 21.0. The Morgan fingerprint density at radius 3 is 2.38 bits per heavy atom. The molecule has 0 aliphatic rings. The number of aryl methyl sites for hydroxylation is 1. The number of para-hydroxylation sites is 1. The van der Waals surface area contributed by atoms with E-state index in [0.29, 0.717) is 0 Å². The van der Waals surface area contributed by atoms with Crippen molar-refractivity contribution in [1.29, 1.82) is 0 Å². The van der Waals surface area contributed by atoms with Gasteiger partial charge < -0.3 is 4.74 Å². The smallest absolute Gasteiger partial charge is 0.331 e. The molecule has 1 aromatic heterocycles. The van der Waals surface area contributed by atoms with Crippen molar-refractivity contribution in [3.8, 4) is 5.69 Å². The lowest BCUT2D eigenvalue weighted by molar-refractivity contribution is -0.140. The van der Waals surface area contributed by atoms with E-state index in [1.54, 1.807) is 10.8 Å². The van der Waals surface area contributed by atoms with Crippen molar-refractivity contribution in [1.82, 2.24) is 9.78 Å². The van der Waals surface area contributed by atoms with Crippen LogP contribution in [0, 0.1) is 19.7 Å². The quantitative estimate of drug-likeness (QED) is 0.353. The monoisotopic (exact) mass is 392 g/mol. The number of nitrogens with zero attached hydrogens (tertiary/aromatic N) is 2. The van der Waals surface area contributed by atoms with Gasteiger partial charge in [-0.15, -0.1) is 0 Å². The van der Waals surface area contributed by atoms with Crippen LogP contribution >= 0.6 is 0 Å². The summed E-state index contributed by atoms with van der Waals surface area (Å²) in [5, 5.41) is 4.52. The number of benzene rings is 2. The van der Waals surface area contributed by atoms with Crippen molar-refractivity contribution in [2.45, 2.75) is 26.9 Å². The fourth-order valence-corrected chi connectivity index (χ4v) is 2.98. The lowest BCUT2D eigenvalue weighted by Crippen LogP contribution is -2.23. The summed E-state index contributed by atoms with van der Waals surface area (Å²) >= 11 is 0. The van der Waals surface area contributed by atoms with Gasteiger partial charge in [0.2, 0.25) is 5.78 Å². The molecule has 5 nitrogen and oxygen atoms in total. The first-order valence-corrected chi connectivity index (χ1v) is 9.17. The van der Waals surface area contributed by atoms with E-state index in [-0.39, 0.29) is 5.56 Å². The van der Waals surface area contributed by atoms with Crippen LogP contribution in [-0.2, 0) is 9.53 Å². The first-order chi connectivity index (χ1) is 13.9. The average Bonchev–Trinajstić information content (AvgIpc) is 3.00. The number of ether oxygens (including phenoxy) is 1. The summed E-state index contributed by atoms with van der Waals surface area (Å²) in [6, 6.07) is 14.8. The van der Waals surface area contributed by atoms with Crippen LogP contribution in [0.2, 0.25) is 0 Å². The molecule has 1 atom stereocenters. The molecule has 6 heteroatoms. The summed E-state index contributed by atoms with van der Waals surface area (Å²) < 4.78 is 20.0. The molecule has 0 spiro atoms. The zero-order valence-electron chi connectivity index (χ0n) is 16.4. The van der Waals surface area contributed by atoms with Crippen LogP contribution in [0.4, 0.5) is 4.39 Å². The van der Waals surface area contributed by atoms with Crippen molar-refractivity contribution in [3.05, 3.63) is 89.0 Å². The topological polar surface area (TPSA) is 61.2 Å². The van der Waals surface area contributed by atoms with Crippen LogP contribution in [0.25, 0.3) is 11.8 Å². The van der Waals surface area contributed by atoms with Crippen LogP contribution in [0.1, 0.15) is 34.2 Å². The van der Waals surface area contributed by atoms with E-state index in [1.165, 1.54) is 37.3 Å². The van der Waals surface area contributed by atoms with Gasteiger partial charge in [-0.3, -0.25) is 4.79 Å². The summed E-state index contributed by atoms with van der Waals surface area (Å²) in [6.07, 6.45) is 1.93. The minimum atomic E-state index is -0.980. The number of hydrogen-bond acceptors (Lipinski definition) is 4. The zero-order valence-corrected chi connectivity index (χ0v) is 16.4. The molecular weight excluding hydrogens is 371 g/mol. The highest BCUT2D eigenvalue weighted by Crippen LogP contribution is 2.19. The van der Waals surface area contributed by atoms with Crippen LogP contribution in [-0.4, -0.2) is 27.6 Å². The van der Waals surface area contributed by atoms with Gasteiger partial charge in [-0.1, -0.05) is 18.2 Å². The SMILES string of the molecule is Cc1nn(-c2ccccc2)c(C)c1/C=C/C(=O)O[C@H](C)C(=O)c1ccc(F)cc1. The van der Waals surface area contributed by atoms with Gasteiger partial charge in [0.1, 0.15) is 5.82 Å². The van der Waals surface area contributed by atoms with E-state index in [1.807, 2.05) is 44.2 Å². The summed E-state index contributed by atoms with van der Waals surface area (Å²) in [4.78, 5) is 24.5. The van der Waals surface area contributed by atoms with Gasteiger partial charge in [0, 0.05) is 22.9 Å². The van der Waals surface area contributed by atoms with Crippen molar-refractivity contribution in [3.63, 3.8) is 0 Å². The molecule has 1 heterocycles. The van der Waals surface area contributed by atoms with Gasteiger partial charge in [-0.05, 0) is 63.2 Å². The summed E-state index contributed by atoms with van der Waals surface area (Å²) in [5.41, 5.74) is 3.67. The number of aromatic nitrogens is 2. The number of carbonyl (C=O) groups is 2. The number of rotatable bonds is 6. The molecule has 0 aliphatic heterocycles. The van der Waals surface area contributed by atoms with Crippen LogP contribution in [0.3, 0.4) is 0 Å². The summed E-state index contributed by atoms with van der Waals surface area (Å²) in [7, 11) is 0. The first kappa shape index (κ1) is 20.2. The van der Waals surface area contributed by atoms with Crippen molar-refractivity contribution < 1.29 is 18.7 Å². The predicted octanol–water partition coefficient (Wildman–Crippen LogP) is 4.46. The van der Waals surface area contributed by atoms with Crippen molar-refractivity contribution >= 4 is 17.8 Å². The van der Waals surface area contributed by atoms with Gasteiger partial charge in [-0.2, -0.15) is 5.10 Å². The highest BCUT2D eigenvalue weighted by Gasteiger charge is 2.19. The Labute approximate surface area is 168 Å². The lowest BCUT2D eigenvalue weighted by atomic mass is 10.1. The molecule has 0 aliphatic carbocycles. The van der Waals surface area contributed by atoms with E-state index in [0.717, 1.165) is 22.6 Å². The minimum Gasteiger partial charge on any atom is -0.451 e. The normalized spacial score (nSPS) is 12.1. The fraction of sp³-hybridized carbons (Fsp3) is 0.174. The van der Waals surface area contributed by atoms with Crippen molar-refractivity contribution in [2.75, 3.05) is 0 Å². The fourth-order valence-electron chi connectivity index (χ4n) is 2.98. The van der Waals surface area contributed by atoms with E-state index in [9.17, 15) is 14.0 Å². The highest BCUT2D eigenvalue weighted by molar-refractivity contribution is 6.01. The molecule has 3 rings (SSSR count). The molecule has 3 aromatic rings. The van der Waals surface area contributed by atoms with Gasteiger partial charge in [0.25, 0.3) is 0 Å². The van der Waals surface area contributed by atoms with E-state index in [2.05, 4.69) is 5.10 Å². The predicted molar refractivity (Wildman–Crippen MR) is 108 cm³/mol. The maximum Gasteiger partial charge on any atom is 0.331 e. The van der Waals surface area contributed by atoms with E-state index < -0.39 is 23.7 Å². The van der Waals surface area contributed by atoms with E-state index >= 15 is 0 Å². The number of esters is 1. The third kappa shape index (κ3) is 4.66. The molecule has 0 unspecified atom stereocenters. The summed E-state index contributed by atoms with van der Waals surface area (Å²) in [5.74, 6) is -1.47. The van der Waals surface area contributed by atoms with Gasteiger partial charge in [-0.25, -0.2) is 13.9 Å². The molecule has 148 valence electrons. The molecule has 29 heavy (non-hydrogen) atoms. The van der Waals surface area contributed by atoms with Crippen LogP contribution in [0.15, 0.2) is 60.7 Å². The maximum absolute atomic E-state index is 13.0.